The summed E-state index contributed by atoms with van der Waals surface area (Å²) < 4.78 is 11.7. The second kappa shape index (κ2) is 5.88. The molecule has 1 aliphatic rings. The van der Waals surface area contributed by atoms with Crippen LogP contribution in [0.15, 0.2) is 16.9 Å². The van der Waals surface area contributed by atoms with E-state index in [1.807, 2.05) is 11.8 Å². The highest BCUT2D eigenvalue weighted by Gasteiger charge is 2.23. The van der Waals surface area contributed by atoms with Gasteiger partial charge in [0.1, 0.15) is 11.4 Å². The Morgan fingerprint density at radius 1 is 1.37 bits per heavy atom. The van der Waals surface area contributed by atoms with Gasteiger partial charge >= 0.3 is 5.97 Å². The van der Waals surface area contributed by atoms with Crippen molar-refractivity contribution in [1.82, 2.24) is 4.57 Å². The number of nitrogens with zero attached hydrogens (tertiary/aromatic N) is 2. The first-order valence-electron chi connectivity index (χ1n) is 6.34. The summed E-state index contributed by atoms with van der Waals surface area (Å²) in [5.74, 6) is 0.203. The molecule has 1 saturated heterocycles. The largest absolute Gasteiger partial charge is 0.465 e. The van der Waals surface area contributed by atoms with Crippen LogP contribution in [0.5, 0.6) is 0 Å². The minimum Gasteiger partial charge on any atom is -0.465 e. The summed E-state index contributed by atoms with van der Waals surface area (Å²) in [6.07, 6.45) is 0. The number of methoxy groups -OCH3 is 1. The molecule has 0 saturated carbocycles. The normalized spacial score (nSPS) is 15.4. The van der Waals surface area contributed by atoms with Crippen molar-refractivity contribution in [3.63, 3.8) is 0 Å². The highest BCUT2D eigenvalue weighted by Crippen LogP contribution is 2.21. The number of rotatable bonds is 3. The van der Waals surface area contributed by atoms with Gasteiger partial charge < -0.3 is 14.4 Å². The fourth-order valence-corrected chi connectivity index (χ4v) is 2.26. The zero-order chi connectivity index (χ0) is 13.8. The molecule has 0 unspecified atom stereocenters. The van der Waals surface area contributed by atoms with Crippen molar-refractivity contribution in [2.24, 2.45) is 0 Å². The number of pyridine rings is 1. The van der Waals surface area contributed by atoms with Crippen LogP contribution in [0.25, 0.3) is 0 Å². The molecular formula is C13H18N2O4. The van der Waals surface area contributed by atoms with Crippen molar-refractivity contribution in [3.8, 4) is 0 Å². The number of esters is 1. The Bertz CT molecular complexity index is 518. The van der Waals surface area contributed by atoms with E-state index in [9.17, 15) is 9.59 Å². The molecule has 1 fully saturated rings. The first kappa shape index (κ1) is 13.6. The molecule has 104 valence electrons. The predicted molar refractivity (Wildman–Crippen MR) is 70.7 cm³/mol. The summed E-state index contributed by atoms with van der Waals surface area (Å²) in [6, 6.07) is 2.94. The maximum Gasteiger partial charge on any atom is 0.341 e. The van der Waals surface area contributed by atoms with Gasteiger partial charge in [0.15, 0.2) is 0 Å². The lowest BCUT2D eigenvalue weighted by Gasteiger charge is -2.31. The van der Waals surface area contributed by atoms with E-state index in [1.165, 1.54) is 19.2 Å². The maximum atomic E-state index is 11.9. The summed E-state index contributed by atoms with van der Waals surface area (Å²) in [7, 11) is 1.34. The second-order valence-electron chi connectivity index (χ2n) is 4.24. The molecule has 2 heterocycles. The first-order valence-corrected chi connectivity index (χ1v) is 6.34. The van der Waals surface area contributed by atoms with E-state index in [0.717, 1.165) is 0 Å². The minimum absolute atomic E-state index is 0.114. The molecule has 0 bridgehead atoms. The fraction of sp³-hybridized carbons (Fsp3) is 0.538. The number of aromatic nitrogens is 1. The molecule has 19 heavy (non-hydrogen) atoms. The SMILES string of the molecule is CCn1c(N2CCOCC2)c(C(=O)OC)ccc1=O. The van der Waals surface area contributed by atoms with Gasteiger partial charge in [-0.15, -0.1) is 0 Å². The van der Waals surface area contributed by atoms with Crippen molar-refractivity contribution in [3.05, 3.63) is 28.0 Å². The Labute approximate surface area is 111 Å². The van der Waals surface area contributed by atoms with Crippen molar-refractivity contribution < 1.29 is 14.3 Å². The van der Waals surface area contributed by atoms with Crippen molar-refractivity contribution in [2.45, 2.75) is 13.5 Å². The van der Waals surface area contributed by atoms with E-state index in [0.29, 0.717) is 44.2 Å². The summed E-state index contributed by atoms with van der Waals surface area (Å²) in [5, 5.41) is 0. The first-order chi connectivity index (χ1) is 9.19. The number of carbonyl (C=O) groups excluding carboxylic acids is 1. The Balaban J connectivity index is 2.54. The molecular weight excluding hydrogens is 248 g/mol. The summed E-state index contributed by atoms with van der Waals surface area (Å²) in [4.78, 5) is 25.8. The third-order valence-corrected chi connectivity index (χ3v) is 3.19. The van der Waals surface area contributed by atoms with Gasteiger partial charge in [-0.25, -0.2) is 4.79 Å². The third kappa shape index (κ3) is 2.63. The molecule has 0 atom stereocenters. The van der Waals surface area contributed by atoms with Crippen LogP contribution in [-0.4, -0.2) is 43.9 Å². The molecule has 0 N–H and O–H groups in total. The van der Waals surface area contributed by atoms with E-state index < -0.39 is 5.97 Å². The molecule has 0 aliphatic carbocycles. The lowest BCUT2D eigenvalue weighted by atomic mass is 10.2. The third-order valence-electron chi connectivity index (χ3n) is 3.19. The Kier molecular flexibility index (Phi) is 4.21. The zero-order valence-corrected chi connectivity index (χ0v) is 11.2. The summed E-state index contributed by atoms with van der Waals surface area (Å²) >= 11 is 0. The number of morpholine rings is 1. The highest BCUT2D eigenvalue weighted by molar-refractivity contribution is 5.94. The molecule has 1 aromatic heterocycles. The lowest BCUT2D eigenvalue weighted by Crippen LogP contribution is -2.41. The Morgan fingerprint density at radius 2 is 2.05 bits per heavy atom. The van der Waals surface area contributed by atoms with E-state index in [-0.39, 0.29) is 5.56 Å². The number of carbonyl (C=O) groups is 1. The smallest absolute Gasteiger partial charge is 0.341 e. The van der Waals surface area contributed by atoms with Gasteiger partial charge in [0.2, 0.25) is 0 Å². The molecule has 0 spiro atoms. The van der Waals surface area contributed by atoms with Gasteiger partial charge in [0, 0.05) is 25.7 Å². The Hall–Kier alpha value is -1.82. The lowest BCUT2D eigenvalue weighted by molar-refractivity contribution is 0.0599. The van der Waals surface area contributed by atoms with Crippen LogP contribution in [0, 0.1) is 0 Å². The van der Waals surface area contributed by atoms with Crippen LogP contribution in [0.1, 0.15) is 17.3 Å². The van der Waals surface area contributed by atoms with Gasteiger partial charge in [0.05, 0.1) is 20.3 Å². The van der Waals surface area contributed by atoms with Gasteiger partial charge in [-0.05, 0) is 13.0 Å². The molecule has 6 nitrogen and oxygen atoms in total. The van der Waals surface area contributed by atoms with E-state index >= 15 is 0 Å². The quantitative estimate of drug-likeness (QED) is 0.745. The molecule has 2 rings (SSSR count). The molecule has 6 heteroatoms. The molecule has 1 aliphatic heterocycles. The predicted octanol–water partition coefficient (Wildman–Crippen LogP) is 0.491. The van der Waals surface area contributed by atoms with Gasteiger partial charge in [-0.1, -0.05) is 0 Å². The molecule has 0 amide bonds. The van der Waals surface area contributed by atoms with E-state index in [1.54, 1.807) is 4.57 Å². The second-order valence-corrected chi connectivity index (χ2v) is 4.24. The fourth-order valence-electron chi connectivity index (χ4n) is 2.26. The molecule has 0 radical (unpaired) electrons. The van der Waals surface area contributed by atoms with Crippen LogP contribution >= 0.6 is 0 Å². The van der Waals surface area contributed by atoms with E-state index in [4.69, 9.17) is 9.47 Å². The van der Waals surface area contributed by atoms with Crippen LogP contribution in [0.3, 0.4) is 0 Å². The maximum absolute atomic E-state index is 11.9. The number of ether oxygens (including phenoxy) is 2. The van der Waals surface area contributed by atoms with Gasteiger partial charge in [-0.3, -0.25) is 9.36 Å². The van der Waals surface area contributed by atoms with Crippen LogP contribution in [0.4, 0.5) is 5.82 Å². The number of anilines is 1. The number of hydrogen-bond donors (Lipinski definition) is 0. The molecule has 1 aromatic rings. The van der Waals surface area contributed by atoms with Crippen molar-refractivity contribution >= 4 is 11.8 Å². The van der Waals surface area contributed by atoms with Crippen molar-refractivity contribution in [1.29, 1.82) is 0 Å². The highest BCUT2D eigenvalue weighted by atomic mass is 16.5. The molecule has 0 aromatic carbocycles. The standard InChI is InChI=1S/C13H18N2O4/c1-3-15-11(16)5-4-10(13(17)18-2)12(15)14-6-8-19-9-7-14/h4-5H,3,6-9H2,1-2H3. The average Bonchev–Trinajstić information content (AvgIpc) is 2.47. The van der Waals surface area contributed by atoms with Gasteiger partial charge in [-0.2, -0.15) is 0 Å². The van der Waals surface area contributed by atoms with Crippen LogP contribution in [0.2, 0.25) is 0 Å². The topological polar surface area (TPSA) is 60.8 Å². The summed E-state index contributed by atoms with van der Waals surface area (Å²) in [6.45, 7) is 4.89. The van der Waals surface area contributed by atoms with Crippen LogP contribution < -0.4 is 10.5 Å². The Morgan fingerprint density at radius 3 is 2.63 bits per heavy atom. The van der Waals surface area contributed by atoms with Crippen LogP contribution in [-0.2, 0) is 16.0 Å². The van der Waals surface area contributed by atoms with Crippen molar-refractivity contribution in [2.75, 3.05) is 38.3 Å². The monoisotopic (exact) mass is 266 g/mol. The zero-order valence-electron chi connectivity index (χ0n) is 11.2. The summed E-state index contributed by atoms with van der Waals surface area (Å²) in [5.41, 5.74) is 0.308. The minimum atomic E-state index is -0.427. The number of hydrogen-bond acceptors (Lipinski definition) is 5. The van der Waals surface area contributed by atoms with E-state index in [2.05, 4.69) is 0 Å². The van der Waals surface area contributed by atoms with Gasteiger partial charge in [0.25, 0.3) is 5.56 Å². The average molecular weight is 266 g/mol.